The fraction of sp³-hybridized carbons (Fsp3) is 0.0345. The Balaban J connectivity index is 1.46. The summed E-state index contributed by atoms with van der Waals surface area (Å²) in [5.74, 6) is 0. The summed E-state index contributed by atoms with van der Waals surface area (Å²) in [6, 6.07) is 29.9. The number of benzene rings is 3. The summed E-state index contributed by atoms with van der Waals surface area (Å²) in [6.45, 7) is 2.15. The molecule has 0 bridgehead atoms. The minimum absolute atomic E-state index is 0.950. The van der Waals surface area contributed by atoms with Crippen LogP contribution in [0.15, 0.2) is 97.3 Å². The summed E-state index contributed by atoms with van der Waals surface area (Å²) >= 11 is 0. The third kappa shape index (κ3) is 2.31. The number of fused-ring (bicyclic) bond motifs is 6. The molecule has 0 unspecified atom stereocenters. The van der Waals surface area contributed by atoms with E-state index in [0.717, 1.165) is 22.5 Å². The molecule has 0 aliphatic rings. The molecule has 7 aromatic rings. The maximum absolute atomic E-state index is 4.93. The Bertz CT molecular complexity index is 1780. The van der Waals surface area contributed by atoms with E-state index in [1.165, 1.54) is 43.7 Å². The van der Waals surface area contributed by atoms with Crippen LogP contribution in [-0.2, 0) is 0 Å². The SMILES string of the molecule is Cc1cc(-c2cnc3c(c2)c2cccc4c5ccccc5n3c42)ncc1-c1ccccc1. The molecule has 0 fully saturated rings. The van der Waals surface area contributed by atoms with E-state index in [9.17, 15) is 0 Å². The van der Waals surface area contributed by atoms with Crippen molar-refractivity contribution in [1.82, 2.24) is 14.4 Å². The van der Waals surface area contributed by atoms with E-state index in [0.29, 0.717) is 0 Å². The van der Waals surface area contributed by atoms with E-state index in [1.54, 1.807) is 0 Å². The third-order valence-corrected chi connectivity index (χ3v) is 6.55. The van der Waals surface area contributed by atoms with E-state index in [2.05, 4.69) is 90.2 Å². The maximum Gasteiger partial charge on any atom is 0.145 e. The lowest BCUT2D eigenvalue weighted by Gasteiger charge is -2.08. The fourth-order valence-electron chi connectivity index (χ4n) is 5.06. The molecule has 32 heavy (non-hydrogen) atoms. The van der Waals surface area contributed by atoms with Gasteiger partial charge in [-0.25, -0.2) is 4.98 Å². The van der Waals surface area contributed by atoms with Crippen LogP contribution in [-0.4, -0.2) is 14.4 Å². The summed E-state index contributed by atoms with van der Waals surface area (Å²) in [4.78, 5) is 9.73. The Morgan fingerprint density at radius 2 is 1.38 bits per heavy atom. The van der Waals surface area contributed by atoms with E-state index in [-0.39, 0.29) is 0 Å². The quantitative estimate of drug-likeness (QED) is 0.301. The van der Waals surface area contributed by atoms with Crippen molar-refractivity contribution in [1.29, 1.82) is 0 Å². The molecule has 0 spiro atoms. The van der Waals surface area contributed by atoms with Gasteiger partial charge in [0.2, 0.25) is 0 Å². The van der Waals surface area contributed by atoms with Crippen molar-refractivity contribution in [2.24, 2.45) is 0 Å². The van der Waals surface area contributed by atoms with Gasteiger partial charge in [-0.15, -0.1) is 0 Å². The highest BCUT2D eigenvalue weighted by atomic mass is 15.0. The van der Waals surface area contributed by atoms with Crippen molar-refractivity contribution in [2.45, 2.75) is 6.92 Å². The molecular formula is C29H19N3. The minimum Gasteiger partial charge on any atom is -0.293 e. The summed E-state index contributed by atoms with van der Waals surface area (Å²) in [7, 11) is 0. The summed E-state index contributed by atoms with van der Waals surface area (Å²) < 4.78 is 2.30. The smallest absolute Gasteiger partial charge is 0.145 e. The molecule has 0 saturated carbocycles. The van der Waals surface area contributed by atoms with Gasteiger partial charge in [-0.05, 0) is 36.2 Å². The van der Waals surface area contributed by atoms with Crippen molar-refractivity contribution in [3.8, 4) is 22.4 Å². The van der Waals surface area contributed by atoms with Gasteiger partial charge in [0.1, 0.15) is 5.65 Å². The third-order valence-electron chi connectivity index (χ3n) is 6.55. The first-order valence-corrected chi connectivity index (χ1v) is 10.8. The minimum atomic E-state index is 0.950. The number of para-hydroxylation sites is 2. The first-order chi connectivity index (χ1) is 15.8. The molecule has 0 amide bonds. The van der Waals surface area contributed by atoms with E-state index in [4.69, 9.17) is 9.97 Å². The molecule has 0 N–H and O–H groups in total. The zero-order valence-electron chi connectivity index (χ0n) is 17.6. The molecule has 7 rings (SSSR count). The highest BCUT2D eigenvalue weighted by Crippen LogP contribution is 2.39. The Morgan fingerprint density at radius 3 is 2.22 bits per heavy atom. The molecular weight excluding hydrogens is 390 g/mol. The predicted molar refractivity (Wildman–Crippen MR) is 132 cm³/mol. The van der Waals surface area contributed by atoms with E-state index < -0.39 is 0 Å². The van der Waals surface area contributed by atoms with Gasteiger partial charge in [-0.1, -0.05) is 66.7 Å². The van der Waals surface area contributed by atoms with Gasteiger partial charge in [-0.2, -0.15) is 0 Å². The van der Waals surface area contributed by atoms with Gasteiger partial charge in [0.05, 0.1) is 16.7 Å². The van der Waals surface area contributed by atoms with Crippen LogP contribution in [0.2, 0.25) is 0 Å². The molecule has 3 heteroatoms. The Hall–Kier alpha value is -4.24. The molecule has 0 atom stereocenters. The van der Waals surface area contributed by atoms with E-state index in [1.807, 2.05) is 18.5 Å². The summed E-state index contributed by atoms with van der Waals surface area (Å²) in [6.07, 6.45) is 3.93. The molecule has 3 aromatic carbocycles. The van der Waals surface area contributed by atoms with Crippen LogP contribution in [0.25, 0.3) is 60.6 Å². The molecule has 0 saturated heterocycles. The van der Waals surface area contributed by atoms with Crippen molar-refractivity contribution >= 4 is 38.2 Å². The van der Waals surface area contributed by atoms with Gasteiger partial charge >= 0.3 is 0 Å². The Morgan fingerprint density at radius 1 is 0.625 bits per heavy atom. The van der Waals surface area contributed by atoms with Crippen molar-refractivity contribution < 1.29 is 0 Å². The van der Waals surface area contributed by atoms with Crippen molar-refractivity contribution in [3.05, 3.63) is 103 Å². The van der Waals surface area contributed by atoms with Gasteiger partial charge in [0.25, 0.3) is 0 Å². The van der Waals surface area contributed by atoms with Gasteiger partial charge in [0.15, 0.2) is 0 Å². The largest absolute Gasteiger partial charge is 0.293 e. The summed E-state index contributed by atoms with van der Waals surface area (Å²) in [5.41, 5.74) is 9.00. The number of aromatic nitrogens is 3. The molecule has 4 heterocycles. The van der Waals surface area contributed by atoms with Crippen LogP contribution >= 0.6 is 0 Å². The summed E-state index contributed by atoms with van der Waals surface area (Å²) in [5, 5.41) is 4.95. The number of aryl methyl sites for hydroxylation is 1. The van der Waals surface area contributed by atoms with Crippen molar-refractivity contribution in [2.75, 3.05) is 0 Å². The van der Waals surface area contributed by atoms with Gasteiger partial charge in [0, 0.05) is 45.1 Å². The van der Waals surface area contributed by atoms with Crippen LogP contribution in [0.5, 0.6) is 0 Å². The predicted octanol–water partition coefficient (Wildman–Crippen LogP) is 7.27. The second kappa shape index (κ2) is 6.38. The van der Waals surface area contributed by atoms with Gasteiger partial charge < -0.3 is 0 Å². The highest BCUT2D eigenvalue weighted by Gasteiger charge is 2.18. The number of hydrogen-bond acceptors (Lipinski definition) is 2. The van der Waals surface area contributed by atoms with Gasteiger partial charge in [-0.3, -0.25) is 9.38 Å². The fourth-order valence-corrected chi connectivity index (χ4v) is 5.06. The molecule has 0 aliphatic heterocycles. The van der Waals surface area contributed by atoms with E-state index >= 15 is 0 Å². The highest BCUT2D eigenvalue weighted by molar-refractivity contribution is 6.22. The maximum atomic E-state index is 4.93. The van der Waals surface area contributed by atoms with Crippen LogP contribution < -0.4 is 0 Å². The topological polar surface area (TPSA) is 30.2 Å². The first kappa shape index (κ1) is 17.4. The van der Waals surface area contributed by atoms with Crippen LogP contribution in [0.3, 0.4) is 0 Å². The standard InChI is InChI=1S/C29H19N3/c1-18-14-26(30-17-25(18)19-8-3-2-4-9-19)20-15-24-23-12-7-11-22-21-10-5-6-13-27(21)32(28(22)23)29(24)31-16-20/h2-17H,1H3. The van der Waals surface area contributed by atoms with Crippen LogP contribution in [0, 0.1) is 6.92 Å². The average Bonchev–Trinajstić information content (AvgIpc) is 3.36. The number of rotatable bonds is 2. The number of hydrogen-bond donors (Lipinski definition) is 0. The Labute approximate surface area is 184 Å². The average molecular weight is 409 g/mol. The molecule has 4 aromatic heterocycles. The molecule has 3 nitrogen and oxygen atoms in total. The zero-order valence-corrected chi connectivity index (χ0v) is 17.6. The number of pyridine rings is 2. The Kier molecular flexibility index (Phi) is 3.48. The number of nitrogens with zero attached hydrogens (tertiary/aromatic N) is 3. The first-order valence-electron chi connectivity index (χ1n) is 10.8. The normalized spacial score (nSPS) is 11.9. The monoisotopic (exact) mass is 409 g/mol. The zero-order chi connectivity index (χ0) is 21.2. The second-order valence-electron chi connectivity index (χ2n) is 8.40. The molecule has 0 aliphatic carbocycles. The molecule has 0 radical (unpaired) electrons. The van der Waals surface area contributed by atoms with Crippen LogP contribution in [0.4, 0.5) is 0 Å². The molecule has 150 valence electrons. The lowest BCUT2D eigenvalue weighted by molar-refractivity contribution is 1.25. The second-order valence-corrected chi connectivity index (χ2v) is 8.40. The lowest BCUT2D eigenvalue weighted by atomic mass is 10.0. The lowest BCUT2D eigenvalue weighted by Crippen LogP contribution is -1.91. The van der Waals surface area contributed by atoms with Crippen molar-refractivity contribution in [3.63, 3.8) is 0 Å². The van der Waals surface area contributed by atoms with Crippen LogP contribution in [0.1, 0.15) is 5.56 Å².